The molecule has 0 aliphatic rings. The van der Waals surface area contributed by atoms with E-state index in [0.29, 0.717) is 0 Å². The summed E-state index contributed by atoms with van der Waals surface area (Å²) < 4.78 is 205. The van der Waals surface area contributed by atoms with Crippen molar-refractivity contribution in [1.29, 1.82) is 0 Å². The van der Waals surface area contributed by atoms with E-state index in [-0.39, 0.29) is 12.1 Å². The van der Waals surface area contributed by atoms with Crippen LogP contribution in [0, 0.1) is 0 Å². The van der Waals surface area contributed by atoms with Crippen molar-refractivity contribution in [2.45, 2.75) is 30.9 Å². The van der Waals surface area contributed by atoms with Gasteiger partial charge in [0.15, 0.2) is 0 Å². The van der Waals surface area contributed by atoms with Crippen molar-refractivity contribution in [3.63, 3.8) is 0 Å². The minimum absolute atomic E-state index is 0.204. The number of halogens is 15. The van der Waals surface area contributed by atoms with E-state index in [1.807, 2.05) is 0 Å². The Morgan fingerprint density at radius 3 is 1.00 bits per heavy atom. The third-order valence-electron chi connectivity index (χ3n) is 5.53. The average Bonchev–Trinajstić information content (AvgIpc) is 2.66. The molecule has 0 bridgehead atoms. The summed E-state index contributed by atoms with van der Waals surface area (Å²) >= 11 is 0. The highest BCUT2D eigenvalue weighted by Crippen LogP contribution is 2.53. The molecule has 194 valence electrons. The molecular formula is C21H5F15. The van der Waals surface area contributed by atoms with Crippen molar-refractivity contribution in [3.8, 4) is 0 Å². The van der Waals surface area contributed by atoms with Crippen molar-refractivity contribution in [1.82, 2.24) is 0 Å². The normalized spacial score (nSPS) is 14.5. The highest BCUT2D eigenvalue weighted by atomic mass is 19.4. The van der Waals surface area contributed by atoms with Gasteiger partial charge in [-0.25, -0.2) is 0 Å². The Balaban J connectivity index is 2.51. The lowest BCUT2D eigenvalue weighted by atomic mass is 9.83. The van der Waals surface area contributed by atoms with Gasteiger partial charge in [0.25, 0.3) is 0 Å². The van der Waals surface area contributed by atoms with E-state index in [4.69, 9.17) is 0 Å². The lowest BCUT2D eigenvalue weighted by Gasteiger charge is -2.25. The van der Waals surface area contributed by atoms with Crippen LogP contribution < -0.4 is 0 Å². The monoisotopic (exact) mass is 542 g/mol. The molecular weight excluding hydrogens is 537 g/mol. The third kappa shape index (κ3) is 3.92. The maximum atomic E-state index is 13.8. The Bertz CT molecular complexity index is 1490. The molecule has 0 fully saturated rings. The van der Waals surface area contributed by atoms with Crippen molar-refractivity contribution in [3.05, 3.63) is 58.1 Å². The maximum Gasteiger partial charge on any atom is 0.417 e. The molecule has 36 heavy (non-hydrogen) atoms. The van der Waals surface area contributed by atoms with E-state index in [2.05, 4.69) is 0 Å². The second-order valence-corrected chi connectivity index (χ2v) is 7.69. The van der Waals surface area contributed by atoms with Crippen molar-refractivity contribution < 1.29 is 65.9 Å². The summed E-state index contributed by atoms with van der Waals surface area (Å²) in [5, 5.41) is -9.50. The highest BCUT2D eigenvalue weighted by molar-refractivity contribution is 6.26. The van der Waals surface area contributed by atoms with Crippen LogP contribution in [-0.4, -0.2) is 0 Å². The zero-order valence-corrected chi connectivity index (χ0v) is 16.6. The fraction of sp³-hybridized carbons (Fsp3) is 0.238. The quantitative estimate of drug-likeness (QED) is 0.153. The van der Waals surface area contributed by atoms with Gasteiger partial charge in [-0.15, -0.1) is 0 Å². The molecule has 0 nitrogen and oxygen atoms in total. The molecule has 0 aromatic heterocycles. The SMILES string of the molecule is FC(F)(F)c1cc(C(F)(F)F)c2cc(C(F)(F)F)c3c(C(F)(F)F)cc(C(F)(F)F)c4ccc1c2c43. The van der Waals surface area contributed by atoms with Gasteiger partial charge in [0.2, 0.25) is 0 Å². The first kappa shape index (κ1) is 25.9. The molecule has 0 saturated heterocycles. The van der Waals surface area contributed by atoms with Crippen LogP contribution in [-0.2, 0) is 30.9 Å². The van der Waals surface area contributed by atoms with E-state index in [1.165, 1.54) is 0 Å². The van der Waals surface area contributed by atoms with Crippen LogP contribution in [0.15, 0.2) is 30.3 Å². The molecule has 0 saturated carbocycles. The van der Waals surface area contributed by atoms with E-state index < -0.39 is 109 Å². The molecule has 0 radical (unpaired) electrons. The Morgan fingerprint density at radius 1 is 0.306 bits per heavy atom. The molecule has 0 atom stereocenters. The predicted octanol–water partition coefficient (Wildman–Crippen LogP) is 9.68. The van der Waals surface area contributed by atoms with Crippen LogP contribution in [0.3, 0.4) is 0 Å². The topological polar surface area (TPSA) is 0 Å². The fourth-order valence-electron chi connectivity index (χ4n) is 4.25. The summed E-state index contributed by atoms with van der Waals surface area (Å²) in [6.07, 6.45) is -28.8. The van der Waals surface area contributed by atoms with Crippen LogP contribution in [0.2, 0.25) is 0 Å². The lowest BCUT2D eigenvalue weighted by molar-refractivity contribution is -0.144. The first-order chi connectivity index (χ1) is 16.0. The predicted molar refractivity (Wildman–Crippen MR) is 95.2 cm³/mol. The van der Waals surface area contributed by atoms with Crippen LogP contribution in [0.4, 0.5) is 65.9 Å². The first-order valence-electron chi connectivity index (χ1n) is 9.23. The minimum atomic E-state index is -5.90. The largest absolute Gasteiger partial charge is 0.417 e. The van der Waals surface area contributed by atoms with Crippen molar-refractivity contribution >= 4 is 32.3 Å². The summed E-state index contributed by atoms with van der Waals surface area (Å²) in [4.78, 5) is 0. The average molecular weight is 542 g/mol. The minimum Gasteiger partial charge on any atom is -0.166 e. The molecule has 15 heteroatoms. The zero-order valence-electron chi connectivity index (χ0n) is 16.6. The van der Waals surface area contributed by atoms with E-state index >= 15 is 0 Å². The number of alkyl halides is 15. The first-order valence-corrected chi connectivity index (χ1v) is 9.23. The second kappa shape index (κ2) is 7.22. The molecule has 4 rings (SSSR count). The van der Waals surface area contributed by atoms with Crippen LogP contribution in [0.5, 0.6) is 0 Å². The molecule has 0 unspecified atom stereocenters. The van der Waals surface area contributed by atoms with Gasteiger partial charge in [-0.1, -0.05) is 12.1 Å². The van der Waals surface area contributed by atoms with Gasteiger partial charge in [-0.2, -0.15) is 65.9 Å². The van der Waals surface area contributed by atoms with Gasteiger partial charge in [0, 0.05) is 5.39 Å². The number of hydrogen-bond acceptors (Lipinski definition) is 0. The van der Waals surface area contributed by atoms with Crippen molar-refractivity contribution in [2.24, 2.45) is 0 Å². The lowest BCUT2D eigenvalue weighted by Crippen LogP contribution is -2.17. The molecule has 0 heterocycles. The summed E-state index contributed by atoms with van der Waals surface area (Å²) in [6, 6.07) is -1.11. The van der Waals surface area contributed by atoms with E-state index in [0.717, 1.165) is 0 Å². The second-order valence-electron chi connectivity index (χ2n) is 7.69. The molecule has 4 aromatic carbocycles. The Labute approximate surface area is 188 Å². The summed E-state index contributed by atoms with van der Waals surface area (Å²) in [5.41, 5.74) is -11.5. The van der Waals surface area contributed by atoms with Crippen LogP contribution >= 0.6 is 0 Å². The number of rotatable bonds is 0. The van der Waals surface area contributed by atoms with Crippen molar-refractivity contribution in [2.75, 3.05) is 0 Å². The molecule has 4 aromatic rings. The molecule has 0 aliphatic carbocycles. The number of hydrogen-bond donors (Lipinski definition) is 0. The molecule has 0 amide bonds. The Hall–Kier alpha value is -3.13. The Kier molecular flexibility index (Phi) is 5.20. The smallest absolute Gasteiger partial charge is 0.166 e. The molecule has 0 N–H and O–H groups in total. The third-order valence-corrected chi connectivity index (χ3v) is 5.53. The summed E-state index contributed by atoms with van der Waals surface area (Å²) in [5.74, 6) is 0. The van der Waals surface area contributed by atoms with Crippen LogP contribution in [0.25, 0.3) is 32.3 Å². The van der Waals surface area contributed by atoms with Gasteiger partial charge < -0.3 is 0 Å². The van der Waals surface area contributed by atoms with Gasteiger partial charge in [0.05, 0.1) is 27.8 Å². The molecule has 0 aliphatic heterocycles. The van der Waals surface area contributed by atoms with E-state index in [9.17, 15) is 65.9 Å². The molecule has 0 spiro atoms. The number of benzene rings is 4. The maximum absolute atomic E-state index is 13.8. The fourth-order valence-corrected chi connectivity index (χ4v) is 4.25. The standard InChI is InChI=1S/C21H5F15/c22-17(23,24)9-4-11(19(28,29)30)8-3-12(20(31,32)33)16-13(21(34,35)36)5-10(18(25,26)27)7-2-1-6(9)14(8)15(7)16/h1-5H. The Morgan fingerprint density at radius 2 is 0.611 bits per heavy atom. The van der Waals surface area contributed by atoms with Gasteiger partial charge in [-0.05, 0) is 45.1 Å². The van der Waals surface area contributed by atoms with Gasteiger partial charge in [-0.3, -0.25) is 0 Å². The van der Waals surface area contributed by atoms with Gasteiger partial charge >= 0.3 is 30.9 Å². The highest BCUT2D eigenvalue weighted by Gasteiger charge is 2.46. The zero-order chi connectivity index (χ0) is 27.4. The van der Waals surface area contributed by atoms with Gasteiger partial charge in [0.1, 0.15) is 0 Å². The summed E-state index contributed by atoms with van der Waals surface area (Å²) in [7, 11) is 0. The van der Waals surface area contributed by atoms with E-state index in [1.54, 1.807) is 0 Å². The summed E-state index contributed by atoms with van der Waals surface area (Å²) in [6.45, 7) is 0. The van der Waals surface area contributed by atoms with Crippen LogP contribution in [0.1, 0.15) is 27.8 Å².